The molecule has 0 fully saturated rings. The number of amides is 3. The summed E-state index contributed by atoms with van der Waals surface area (Å²) in [5, 5.41) is 46.2. The fourth-order valence-corrected chi connectivity index (χ4v) is 1.31. The molecule has 0 aliphatic carbocycles. The van der Waals surface area contributed by atoms with Crippen molar-refractivity contribution in [2.24, 2.45) is 5.73 Å². The second-order valence-electron chi connectivity index (χ2n) is 4.31. The highest BCUT2D eigenvalue weighted by Crippen LogP contribution is 2.07. The monoisotopic (exact) mass is 325 g/mol. The first kappa shape index (κ1) is 20.0. The van der Waals surface area contributed by atoms with Gasteiger partial charge in [0.1, 0.15) is 24.9 Å². The van der Waals surface area contributed by atoms with Gasteiger partial charge in [0, 0.05) is 7.05 Å². The van der Waals surface area contributed by atoms with Crippen LogP contribution >= 0.6 is 0 Å². The van der Waals surface area contributed by atoms with Crippen LogP contribution in [0.2, 0.25) is 0 Å². The van der Waals surface area contributed by atoms with Gasteiger partial charge >= 0.3 is 12.0 Å². The zero-order valence-electron chi connectivity index (χ0n) is 11.6. The lowest BCUT2D eigenvalue weighted by Gasteiger charge is -2.27. The predicted molar refractivity (Wildman–Crippen MR) is 67.6 cm³/mol. The van der Waals surface area contributed by atoms with E-state index in [-0.39, 0.29) is 0 Å². The van der Waals surface area contributed by atoms with E-state index in [2.05, 4.69) is 10.6 Å². The highest BCUT2D eigenvalue weighted by atomic mass is 16.7. The molecule has 0 heterocycles. The van der Waals surface area contributed by atoms with E-state index < -0.39 is 55.5 Å². The summed E-state index contributed by atoms with van der Waals surface area (Å²) in [6.45, 7) is -1.61. The molecule has 0 saturated heterocycles. The fraction of sp³-hybridized carbons (Fsp3) is 0.700. The molecule has 22 heavy (non-hydrogen) atoms. The zero-order valence-corrected chi connectivity index (χ0v) is 11.6. The topological polar surface area (TPSA) is 203 Å². The molecule has 12 heteroatoms. The van der Waals surface area contributed by atoms with Crippen molar-refractivity contribution in [1.82, 2.24) is 10.4 Å². The maximum absolute atomic E-state index is 11.7. The molecule has 0 spiro atoms. The Hall–Kier alpha value is -1.99. The number of nitrogens with zero attached hydrogens (tertiary/aromatic N) is 1. The Morgan fingerprint density at radius 3 is 2.18 bits per heavy atom. The van der Waals surface area contributed by atoms with Gasteiger partial charge in [0.05, 0.1) is 6.61 Å². The zero-order chi connectivity index (χ0) is 17.4. The van der Waals surface area contributed by atoms with Crippen LogP contribution in [0.25, 0.3) is 0 Å². The first-order valence-electron chi connectivity index (χ1n) is 5.95. The van der Waals surface area contributed by atoms with Crippen LogP contribution in [-0.2, 0) is 14.4 Å². The van der Waals surface area contributed by atoms with Crippen LogP contribution < -0.4 is 11.2 Å². The number of aliphatic hydroxyl groups is 5. The Kier molecular flexibility index (Phi) is 8.29. The summed E-state index contributed by atoms with van der Waals surface area (Å²) in [5.74, 6) is -2.26. The molecule has 0 saturated carbocycles. The minimum Gasteiger partial charge on any atom is -0.394 e. The van der Waals surface area contributed by atoms with Crippen LogP contribution in [0.4, 0.5) is 4.79 Å². The van der Waals surface area contributed by atoms with Crippen molar-refractivity contribution in [3.63, 3.8) is 0 Å². The van der Waals surface area contributed by atoms with Crippen LogP contribution in [-0.4, -0.2) is 93.0 Å². The lowest BCUT2D eigenvalue weighted by molar-refractivity contribution is -0.162. The summed E-state index contributed by atoms with van der Waals surface area (Å²) in [5.41, 5.74) is 6.16. The van der Waals surface area contributed by atoms with Crippen molar-refractivity contribution in [2.75, 3.05) is 20.2 Å². The lowest BCUT2D eigenvalue weighted by Crippen LogP contribution is -2.52. The Morgan fingerprint density at radius 1 is 1.18 bits per heavy atom. The van der Waals surface area contributed by atoms with Crippen LogP contribution in [0.3, 0.4) is 0 Å². The Bertz CT molecular complexity index is 405. The molecule has 3 amide bonds. The number of nitrogens with two attached hydrogens (primary N) is 1. The van der Waals surface area contributed by atoms with Gasteiger partial charge in [-0.25, -0.2) is 9.59 Å². The maximum Gasteiger partial charge on any atom is 0.351 e. The van der Waals surface area contributed by atoms with Crippen molar-refractivity contribution in [2.45, 2.75) is 24.4 Å². The molecule has 0 rings (SSSR count). The average Bonchev–Trinajstić information content (AvgIpc) is 2.48. The highest BCUT2D eigenvalue weighted by Gasteiger charge is 2.35. The molecule has 0 aliphatic heterocycles. The summed E-state index contributed by atoms with van der Waals surface area (Å²) in [6.07, 6.45) is -8.02. The standard InChI is InChI=1S/C10H19N3O9/c1-13(2-5(16)22-12-10(11)21)9(20)8(19)7(18)6(17)4(15)3-14/h4,6-8,14-15,17-19H,2-3H2,1H3,(H3,11,12,21)/t4-,6-,7+,8-/m1/s1. The quantitative estimate of drug-likeness (QED) is 0.223. The third kappa shape index (κ3) is 6.19. The summed E-state index contributed by atoms with van der Waals surface area (Å²) in [7, 11) is 1.07. The van der Waals surface area contributed by atoms with Crippen molar-refractivity contribution in [3.05, 3.63) is 0 Å². The van der Waals surface area contributed by atoms with Crippen LogP contribution in [0.1, 0.15) is 0 Å². The minimum atomic E-state index is -2.17. The Labute approximate surface area is 124 Å². The number of likely N-dealkylation sites (N-methyl/N-ethyl adjacent to an activating group) is 1. The van der Waals surface area contributed by atoms with Gasteiger partial charge in [0.25, 0.3) is 5.91 Å². The largest absolute Gasteiger partial charge is 0.394 e. The van der Waals surface area contributed by atoms with Crippen molar-refractivity contribution in [1.29, 1.82) is 0 Å². The van der Waals surface area contributed by atoms with Gasteiger partial charge in [-0.3, -0.25) is 4.79 Å². The number of primary amides is 1. The van der Waals surface area contributed by atoms with Gasteiger partial charge in [-0.1, -0.05) is 0 Å². The molecule has 0 bridgehead atoms. The Balaban J connectivity index is 4.54. The van der Waals surface area contributed by atoms with E-state index in [0.717, 1.165) is 7.05 Å². The van der Waals surface area contributed by atoms with Gasteiger partial charge in [-0.2, -0.15) is 5.48 Å². The van der Waals surface area contributed by atoms with E-state index in [1.165, 1.54) is 5.48 Å². The number of carbonyl (C=O) groups excluding carboxylic acids is 3. The molecule has 0 aliphatic rings. The summed E-state index contributed by atoms with van der Waals surface area (Å²) < 4.78 is 0. The molecule has 0 radical (unpaired) electrons. The first-order valence-corrected chi connectivity index (χ1v) is 5.95. The molecule has 8 N–H and O–H groups in total. The second kappa shape index (κ2) is 9.11. The van der Waals surface area contributed by atoms with E-state index in [0.29, 0.717) is 4.90 Å². The van der Waals surface area contributed by atoms with Gasteiger partial charge in [0.2, 0.25) is 0 Å². The first-order chi connectivity index (χ1) is 10.1. The average molecular weight is 325 g/mol. The summed E-state index contributed by atoms with van der Waals surface area (Å²) in [4.78, 5) is 38.0. The third-order valence-electron chi connectivity index (χ3n) is 2.52. The van der Waals surface area contributed by atoms with Gasteiger partial charge in [-0.05, 0) is 0 Å². The number of carbonyl (C=O) groups is 3. The normalized spacial score (nSPS) is 16.1. The molecule has 12 nitrogen and oxygen atoms in total. The SMILES string of the molecule is CN(CC(=O)ONC(N)=O)C(=O)[C@H](O)[C@@H](O)[C@H](O)[C@H](O)CO. The number of nitrogens with one attached hydrogen (secondary N) is 1. The molecular weight excluding hydrogens is 306 g/mol. The van der Waals surface area contributed by atoms with E-state index in [1.54, 1.807) is 0 Å². The third-order valence-corrected chi connectivity index (χ3v) is 2.52. The molecule has 0 aromatic rings. The molecule has 0 unspecified atom stereocenters. The van der Waals surface area contributed by atoms with Crippen molar-refractivity contribution in [3.8, 4) is 0 Å². The number of hydroxylamine groups is 1. The number of rotatable bonds is 7. The number of aliphatic hydroxyl groups excluding tert-OH is 5. The van der Waals surface area contributed by atoms with E-state index in [4.69, 9.17) is 10.2 Å². The maximum atomic E-state index is 11.7. The minimum absolute atomic E-state index is 0.636. The fourth-order valence-electron chi connectivity index (χ4n) is 1.31. The van der Waals surface area contributed by atoms with Gasteiger partial charge in [-0.15, -0.1) is 0 Å². The number of hydrogen-bond acceptors (Lipinski definition) is 9. The molecule has 0 aromatic heterocycles. The van der Waals surface area contributed by atoms with Gasteiger partial charge in [0.15, 0.2) is 6.10 Å². The molecule has 0 aromatic carbocycles. The van der Waals surface area contributed by atoms with E-state index >= 15 is 0 Å². The molecular formula is C10H19N3O9. The lowest BCUT2D eigenvalue weighted by atomic mass is 10.0. The number of hydrogen-bond donors (Lipinski definition) is 7. The van der Waals surface area contributed by atoms with E-state index in [1.807, 2.05) is 0 Å². The van der Waals surface area contributed by atoms with Crippen LogP contribution in [0.5, 0.6) is 0 Å². The second-order valence-corrected chi connectivity index (χ2v) is 4.31. The number of urea groups is 1. The van der Waals surface area contributed by atoms with Crippen LogP contribution in [0, 0.1) is 0 Å². The van der Waals surface area contributed by atoms with Crippen molar-refractivity contribution < 1.29 is 44.8 Å². The highest BCUT2D eigenvalue weighted by molar-refractivity contribution is 5.85. The van der Waals surface area contributed by atoms with Gasteiger partial charge < -0.3 is 41.0 Å². The summed E-state index contributed by atoms with van der Waals surface area (Å²) in [6, 6.07) is -1.14. The smallest absolute Gasteiger partial charge is 0.351 e. The Morgan fingerprint density at radius 2 is 1.73 bits per heavy atom. The van der Waals surface area contributed by atoms with E-state index in [9.17, 15) is 29.7 Å². The predicted octanol–water partition coefficient (Wildman–Crippen LogP) is -4.99. The molecule has 4 atom stereocenters. The van der Waals surface area contributed by atoms with Crippen molar-refractivity contribution >= 4 is 17.9 Å². The van der Waals surface area contributed by atoms with Crippen LogP contribution in [0.15, 0.2) is 0 Å². The molecule has 128 valence electrons. The summed E-state index contributed by atoms with van der Waals surface area (Å²) >= 11 is 0.